The molecule has 0 bridgehead atoms. The molecule has 0 aliphatic heterocycles. The van der Waals surface area contributed by atoms with Crippen LogP contribution in [-0.2, 0) is 0 Å². The molecule has 0 heterocycles. The number of nitrogens with zero attached hydrogens (tertiary/aromatic N) is 1. The molecule has 18 heavy (non-hydrogen) atoms. The topological polar surface area (TPSA) is 20.3 Å². The predicted molar refractivity (Wildman–Crippen MR) is 79.4 cm³/mol. The molecule has 2 nitrogen and oxygen atoms in total. The summed E-state index contributed by atoms with van der Waals surface area (Å²) >= 11 is 4.28. The molecule has 3 heteroatoms. The van der Waals surface area contributed by atoms with Crippen LogP contribution < -0.4 is 0 Å². The van der Waals surface area contributed by atoms with Gasteiger partial charge in [-0.05, 0) is 38.5 Å². The Bertz CT molecular complexity index is 390. The average Bonchev–Trinajstić information content (AvgIpc) is 2.33. The molecule has 0 unspecified atom stereocenters. The molecule has 0 aromatic heterocycles. The third-order valence-corrected chi connectivity index (χ3v) is 3.26. The van der Waals surface area contributed by atoms with Crippen LogP contribution in [0.3, 0.4) is 0 Å². The Morgan fingerprint density at radius 3 is 2.61 bits per heavy atom. The van der Waals surface area contributed by atoms with Gasteiger partial charge in [0.05, 0.1) is 0 Å². The van der Waals surface area contributed by atoms with Crippen LogP contribution in [0.15, 0.2) is 29.2 Å². The maximum Gasteiger partial charge on any atom is 0.254 e. The van der Waals surface area contributed by atoms with Crippen molar-refractivity contribution in [3.63, 3.8) is 0 Å². The van der Waals surface area contributed by atoms with E-state index in [1.54, 1.807) is 0 Å². The Morgan fingerprint density at radius 1 is 1.33 bits per heavy atom. The van der Waals surface area contributed by atoms with Gasteiger partial charge in [0, 0.05) is 23.0 Å². The molecule has 1 rings (SSSR count). The van der Waals surface area contributed by atoms with Crippen molar-refractivity contribution >= 4 is 18.5 Å². The second-order valence-corrected chi connectivity index (χ2v) is 5.37. The molecule has 0 fully saturated rings. The minimum atomic E-state index is 0.108. The summed E-state index contributed by atoms with van der Waals surface area (Å²) in [5.74, 6) is 0.108. The first-order valence-electron chi connectivity index (χ1n) is 6.66. The van der Waals surface area contributed by atoms with Crippen molar-refractivity contribution in [1.82, 2.24) is 4.90 Å². The number of thiol groups is 1. The lowest BCUT2D eigenvalue weighted by Gasteiger charge is -2.27. The van der Waals surface area contributed by atoms with E-state index in [1.807, 2.05) is 29.2 Å². The largest absolute Gasteiger partial charge is 0.336 e. The molecule has 1 aromatic carbocycles. The van der Waals surface area contributed by atoms with Gasteiger partial charge in [0.15, 0.2) is 0 Å². The third-order valence-electron chi connectivity index (χ3n) is 2.98. The van der Waals surface area contributed by atoms with Crippen molar-refractivity contribution in [1.29, 1.82) is 0 Å². The molecule has 0 spiro atoms. The van der Waals surface area contributed by atoms with E-state index in [-0.39, 0.29) is 11.9 Å². The predicted octanol–water partition coefficient (Wildman–Crippen LogP) is 4.02. The van der Waals surface area contributed by atoms with Gasteiger partial charge >= 0.3 is 0 Å². The van der Waals surface area contributed by atoms with Crippen LogP contribution in [0.5, 0.6) is 0 Å². The van der Waals surface area contributed by atoms with E-state index in [2.05, 4.69) is 33.4 Å². The van der Waals surface area contributed by atoms with E-state index < -0.39 is 0 Å². The highest BCUT2D eigenvalue weighted by Crippen LogP contribution is 2.14. The van der Waals surface area contributed by atoms with Crippen LogP contribution in [0.1, 0.15) is 50.4 Å². The number of amides is 1. The summed E-state index contributed by atoms with van der Waals surface area (Å²) in [6, 6.07) is 7.69. The van der Waals surface area contributed by atoms with E-state index in [4.69, 9.17) is 0 Å². The molecule has 0 N–H and O–H groups in total. The zero-order chi connectivity index (χ0) is 13.5. The standard InChI is InChI=1S/C15H23NOS/c1-4-5-6-10-16(12(2)3)15(17)13-8-7-9-14(18)11-13/h7-9,11-12,18H,4-6,10H2,1-3H3. The van der Waals surface area contributed by atoms with Crippen LogP contribution in [0.4, 0.5) is 0 Å². The van der Waals surface area contributed by atoms with E-state index in [0.717, 1.165) is 23.4 Å². The van der Waals surface area contributed by atoms with Gasteiger partial charge in [0.2, 0.25) is 0 Å². The Balaban J connectivity index is 2.76. The van der Waals surface area contributed by atoms with E-state index in [1.165, 1.54) is 12.8 Å². The smallest absolute Gasteiger partial charge is 0.254 e. The summed E-state index contributed by atoms with van der Waals surface area (Å²) < 4.78 is 0. The molecule has 0 aliphatic rings. The molecule has 0 atom stereocenters. The SMILES string of the molecule is CCCCCN(C(=O)c1cccc(S)c1)C(C)C. The van der Waals surface area contributed by atoms with Crippen LogP contribution in [0.25, 0.3) is 0 Å². The second kappa shape index (κ2) is 7.47. The summed E-state index contributed by atoms with van der Waals surface area (Å²) in [6.45, 7) is 7.13. The third kappa shape index (κ3) is 4.37. The van der Waals surface area contributed by atoms with E-state index in [9.17, 15) is 4.79 Å². The lowest BCUT2D eigenvalue weighted by Crippen LogP contribution is -2.37. The highest BCUT2D eigenvalue weighted by Gasteiger charge is 2.18. The molecule has 0 aliphatic carbocycles. The number of hydrogen-bond donors (Lipinski definition) is 1. The van der Waals surface area contributed by atoms with Crippen LogP contribution >= 0.6 is 12.6 Å². The van der Waals surface area contributed by atoms with Gasteiger partial charge in [-0.3, -0.25) is 4.79 Å². The number of benzene rings is 1. The first-order valence-corrected chi connectivity index (χ1v) is 7.11. The van der Waals surface area contributed by atoms with Gasteiger partial charge in [-0.25, -0.2) is 0 Å². The number of hydrogen-bond acceptors (Lipinski definition) is 2. The van der Waals surface area contributed by atoms with Gasteiger partial charge in [0.25, 0.3) is 5.91 Å². The van der Waals surface area contributed by atoms with Crippen molar-refractivity contribution < 1.29 is 4.79 Å². The summed E-state index contributed by atoms with van der Waals surface area (Å²) in [4.78, 5) is 15.2. The van der Waals surface area contributed by atoms with E-state index in [0.29, 0.717) is 0 Å². The summed E-state index contributed by atoms with van der Waals surface area (Å²) in [7, 11) is 0. The second-order valence-electron chi connectivity index (χ2n) is 4.85. The van der Waals surface area contributed by atoms with Crippen LogP contribution in [0, 0.1) is 0 Å². The van der Waals surface area contributed by atoms with Gasteiger partial charge in [-0.1, -0.05) is 25.8 Å². The Labute approximate surface area is 116 Å². The Kier molecular flexibility index (Phi) is 6.27. The average molecular weight is 265 g/mol. The molecule has 0 radical (unpaired) electrons. The van der Waals surface area contributed by atoms with Crippen LogP contribution in [-0.4, -0.2) is 23.4 Å². The first-order chi connectivity index (χ1) is 8.56. The summed E-state index contributed by atoms with van der Waals surface area (Å²) in [6.07, 6.45) is 3.41. The molecule has 0 saturated carbocycles. The maximum atomic E-state index is 12.4. The van der Waals surface area contributed by atoms with E-state index >= 15 is 0 Å². The number of carbonyl (C=O) groups excluding carboxylic acids is 1. The molecule has 1 aromatic rings. The zero-order valence-corrected chi connectivity index (χ0v) is 12.4. The van der Waals surface area contributed by atoms with Crippen molar-refractivity contribution in [3.8, 4) is 0 Å². The lowest BCUT2D eigenvalue weighted by molar-refractivity contribution is 0.0702. The van der Waals surface area contributed by atoms with Gasteiger partial charge < -0.3 is 4.90 Å². The van der Waals surface area contributed by atoms with Gasteiger partial charge in [0.1, 0.15) is 0 Å². The lowest BCUT2D eigenvalue weighted by atomic mass is 10.1. The highest BCUT2D eigenvalue weighted by molar-refractivity contribution is 7.80. The number of unbranched alkanes of at least 4 members (excludes halogenated alkanes) is 2. The molecule has 1 amide bonds. The fourth-order valence-electron chi connectivity index (χ4n) is 1.93. The van der Waals surface area contributed by atoms with Gasteiger partial charge in [-0.2, -0.15) is 0 Å². The fourth-order valence-corrected chi connectivity index (χ4v) is 2.16. The van der Waals surface area contributed by atoms with Crippen molar-refractivity contribution in [2.45, 2.75) is 51.0 Å². The number of rotatable bonds is 6. The van der Waals surface area contributed by atoms with Crippen molar-refractivity contribution in [3.05, 3.63) is 29.8 Å². The van der Waals surface area contributed by atoms with Gasteiger partial charge in [-0.15, -0.1) is 12.6 Å². The highest BCUT2D eigenvalue weighted by atomic mass is 32.1. The molecular weight excluding hydrogens is 242 g/mol. The Hall–Kier alpha value is -0.960. The zero-order valence-electron chi connectivity index (χ0n) is 11.5. The number of carbonyl (C=O) groups is 1. The molecule has 100 valence electrons. The quantitative estimate of drug-likeness (QED) is 0.608. The summed E-state index contributed by atoms with van der Waals surface area (Å²) in [5.41, 5.74) is 0.729. The fraction of sp³-hybridized carbons (Fsp3) is 0.533. The monoisotopic (exact) mass is 265 g/mol. The Morgan fingerprint density at radius 2 is 2.06 bits per heavy atom. The van der Waals surface area contributed by atoms with Crippen molar-refractivity contribution in [2.24, 2.45) is 0 Å². The van der Waals surface area contributed by atoms with Crippen LogP contribution in [0.2, 0.25) is 0 Å². The molecule has 0 saturated heterocycles. The maximum absolute atomic E-state index is 12.4. The normalized spacial score (nSPS) is 10.7. The first kappa shape index (κ1) is 15.1. The van der Waals surface area contributed by atoms with Crippen molar-refractivity contribution in [2.75, 3.05) is 6.54 Å². The summed E-state index contributed by atoms with van der Waals surface area (Å²) in [5, 5.41) is 0. The molecular formula is C15H23NOS. The minimum Gasteiger partial charge on any atom is -0.336 e. The minimum absolute atomic E-state index is 0.108.